The van der Waals surface area contributed by atoms with Crippen molar-refractivity contribution in [1.29, 1.82) is 0 Å². The molecule has 1 aromatic rings. The molecule has 2 N–H and O–H groups in total. The van der Waals surface area contributed by atoms with Crippen molar-refractivity contribution < 1.29 is 14.7 Å². The van der Waals surface area contributed by atoms with Gasteiger partial charge in [0.15, 0.2) is 0 Å². The van der Waals surface area contributed by atoms with Crippen LogP contribution in [0.15, 0.2) is 24.5 Å². The van der Waals surface area contributed by atoms with E-state index in [2.05, 4.69) is 24.1 Å². The number of aliphatic hydroxyl groups is 1. The van der Waals surface area contributed by atoms with E-state index in [1.54, 1.807) is 24.5 Å². The largest absolute Gasteiger partial charge is 0.392 e. The lowest BCUT2D eigenvalue weighted by molar-refractivity contribution is -0.149. The van der Waals surface area contributed by atoms with E-state index in [9.17, 15) is 14.7 Å². The van der Waals surface area contributed by atoms with Gasteiger partial charge in [-0.05, 0) is 74.8 Å². The van der Waals surface area contributed by atoms with Crippen molar-refractivity contribution in [1.82, 2.24) is 15.2 Å². The molecule has 0 radical (unpaired) electrons. The summed E-state index contributed by atoms with van der Waals surface area (Å²) in [5.41, 5.74) is 0.654. The highest BCUT2D eigenvalue weighted by atomic mass is 16.3. The van der Waals surface area contributed by atoms with Crippen LogP contribution >= 0.6 is 0 Å². The number of nitrogens with zero attached hydrogens (tertiary/aromatic N) is 2. The molecule has 2 aliphatic rings. The molecule has 6 nitrogen and oxygen atoms in total. The van der Waals surface area contributed by atoms with Crippen molar-refractivity contribution in [2.75, 3.05) is 13.1 Å². The lowest BCUT2D eigenvalue weighted by Crippen LogP contribution is -2.58. The minimum Gasteiger partial charge on any atom is -0.392 e. The topological polar surface area (TPSA) is 82.5 Å². The van der Waals surface area contributed by atoms with Gasteiger partial charge < -0.3 is 15.3 Å². The SMILES string of the molecule is CCN(CC)C(=O)[C@@H](C)[C@@H]1CC[C@@]2(C)CC[C@H](NC(=O)c3ccncc3)[C@@H](C)[C@@H]2[C@H]1O. The molecule has 31 heavy (non-hydrogen) atoms. The molecule has 1 aromatic heterocycles. The zero-order chi connectivity index (χ0) is 22.8. The van der Waals surface area contributed by atoms with Crippen LogP contribution in [0.25, 0.3) is 0 Å². The van der Waals surface area contributed by atoms with Crippen LogP contribution in [-0.2, 0) is 4.79 Å². The molecule has 0 aliphatic heterocycles. The second-order valence-electron chi connectivity index (χ2n) is 9.89. The summed E-state index contributed by atoms with van der Waals surface area (Å²) >= 11 is 0. The monoisotopic (exact) mass is 429 g/mol. The first-order valence-corrected chi connectivity index (χ1v) is 11.9. The first-order chi connectivity index (χ1) is 14.7. The molecular formula is C25H39N3O3. The van der Waals surface area contributed by atoms with Crippen LogP contribution in [0, 0.1) is 29.1 Å². The fourth-order valence-electron chi connectivity index (χ4n) is 6.26. The summed E-state index contributed by atoms with van der Waals surface area (Å²) in [5, 5.41) is 14.7. The smallest absolute Gasteiger partial charge is 0.251 e. The van der Waals surface area contributed by atoms with Gasteiger partial charge in [-0.3, -0.25) is 14.6 Å². The second kappa shape index (κ2) is 9.68. The molecule has 0 bridgehead atoms. The maximum atomic E-state index is 13.0. The third-order valence-corrected chi connectivity index (χ3v) is 8.25. The van der Waals surface area contributed by atoms with E-state index in [4.69, 9.17) is 0 Å². The van der Waals surface area contributed by atoms with Gasteiger partial charge in [-0.15, -0.1) is 0 Å². The summed E-state index contributed by atoms with van der Waals surface area (Å²) in [6, 6.07) is 3.46. The third kappa shape index (κ3) is 4.64. The number of carbonyl (C=O) groups is 2. The first kappa shape index (κ1) is 23.7. The average molecular weight is 430 g/mol. The number of rotatable bonds is 6. The predicted molar refractivity (Wildman–Crippen MR) is 121 cm³/mol. The molecular weight excluding hydrogens is 390 g/mol. The van der Waals surface area contributed by atoms with Crippen LogP contribution in [0.5, 0.6) is 0 Å². The maximum Gasteiger partial charge on any atom is 0.251 e. The molecule has 0 aromatic carbocycles. The summed E-state index contributed by atoms with van der Waals surface area (Å²) in [5.74, 6) is 0.0212. The van der Waals surface area contributed by atoms with Crippen molar-refractivity contribution in [3.8, 4) is 0 Å². The molecule has 0 spiro atoms. The van der Waals surface area contributed by atoms with Crippen molar-refractivity contribution >= 4 is 11.8 Å². The van der Waals surface area contributed by atoms with E-state index in [1.165, 1.54) is 0 Å². The highest BCUT2D eigenvalue weighted by molar-refractivity contribution is 5.94. The van der Waals surface area contributed by atoms with E-state index < -0.39 is 6.10 Å². The first-order valence-electron chi connectivity index (χ1n) is 11.9. The normalized spacial score (nSPS) is 33.8. The molecule has 2 amide bonds. The number of aliphatic hydroxyl groups excluding tert-OH is 1. The Bertz CT molecular complexity index is 767. The van der Waals surface area contributed by atoms with E-state index in [-0.39, 0.29) is 46.9 Å². The Morgan fingerprint density at radius 2 is 1.84 bits per heavy atom. The molecule has 2 fully saturated rings. The van der Waals surface area contributed by atoms with Crippen LogP contribution in [0.3, 0.4) is 0 Å². The number of carbonyl (C=O) groups excluding carboxylic acids is 2. The Labute approximate surface area is 186 Å². The van der Waals surface area contributed by atoms with Crippen molar-refractivity contribution in [2.24, 2.45) is 29.1 Å². The molecule has 0 saturated heterocycles. The van der Waals surface area contributed by atoms with Gasteiger partial charge in [0.2, 0.25) is 5.91 Å². The molecule has 7 atom stereocenters. The van der Waals surface area contributed by atoms with E-state index in [0.717, 1.165) is 25.7 Å². The summed E-state index contributed by atoms with van der Waals surface area (Å²) < 4.78 is 0. The van der Waals surface area contributed by atoms with Gasteiger partial charge in [0, 0.05) is 43.0 Å². The number of nitrogens with one attached hydrogen (secondary N) is 1. The average Bonchev–Trinajstić information content (AvgIpc) is 2.76. The molecule has 172 valence electrons. The number of fused-ring (bicyclic) bond motifs is 1. The maximum absolute atomic E-state index is 13.0. The second-order valence-corrected chi connectivity index (χ2v) is 9.89. The predicted octanol–water partition coefficient (Wildman–Crippen LogP) is 3.51. The lowest BCUT2D eigenvalue weighted by Gasteiger charge is -2.56. The standard InChI is InChI=1S/C25H39N3O3/c1-6-28(7-2)24(31)16(3)19-8-12-25(5)13-9-20(17(4)21(25)22(19)29)27-23(30)18-10-14-26-15-11-18/h10-11,14-17,19-22,29H,6-9,12-13H2,1-5H3,(H,27,30)/t16-,17+,19-,20-,21+,22-,25-/m0/s1. The van der Waals surface area contributed by atoms with E-state index in [1.807, 2.05) is 25.7 Å². The number of aromatic nitrogens is 1. The van der Waals surface area contributed by atoms with E-state index in [0.29, 0.717) is 18.7 Å². The van der Waals surface area contributed by atoms with Gasteiger partial charge >= 0.3 is 0 Å². The Morgan fingerprint density at radius 1 is 1.23 bits per heavy atom. The van der Waals surface area contributed by atoms with E-state index >= 15 is 0 Å². The minimum atomic E-state index is -0.538. The number of pyridine rings is 1. The van der Waals surface area contributed by atoms with Gasteiger partial charge in [0.05, 0.1) is 6.10 Å². The van der Waals surface area contributed by atoms with Crippen LogP contribution < -0.4 is 5.32 Å². The summed E-state index contributed by atoms with van der Waals surface area (Å²) in [6.45, 7) is 11.8. The Kier molecular flexibility index (Phi) is 7.40. The highest BCUT2D eigenvalue weighted by Crippen LogP contribution is 2.55. The van der Waals surface area contributed by atoms with Gasteiger partial charge in [0.1, 0.15) is 0 Å². The minimum absolute atomic E-state index is 0.0148. The van der Waals surface area contributed by atoms with Gasteiger partial charge in [-0.1, -0.05) is 20.8 Å². The summed E-state index contributed by atoms with van der Waals surface area (Å²) in [7, 11) is 0. The number of amides is 2. The fourth-order valence-corrected chi connectivity index (χ4v) is 6.26. The van der Waals surface area contributed by atoms with Crippen LogP contribution in [0.2, 0.25) is 0 Å². The van der Waals surface area contributed by atoms with Gasteiger partial charge in [-0.25, -0.2) is 0 Å². The molecule has 2 aliphatic carbocycles. The fraction of sp³-hybridized carbons (Fsp3) is 0.720. The molecule has 1 heterocycles. The lowest BCUT2D eigenvalue weighted by atomic mass is 9.51. The molecule has 6 heteroatoms. The van der Waals surface area contributed by atoms with Gasteiger partial charge in [0.25, 0.3) is 5.91 Å². The molecule has 0 unspecified atom stereocenters. The van der Waals surface area contributed by atoms with Crippen molar-refractivity contribution in [2.45, 2.75) is 72.4 Å². The zero-order valence-corrected chi connectivity index (χ0v) is 19.7. The Balaban J connectivity index is 1.75. The Morgan fingerprint density at radius 3 is 2.45 bits per heavy atom. The van der Waals surface area contributed by atoms with Crippen molar-refractivity contribution in [3.63, 3.8) is 0 Å². The van der Waals surface area contributed by atoms with Crippen LogP contribution in [0.4, 0.5) is 0 Å². The van der Waals surface area contributed by atoms with Crippen molar-refractivity contribution in [3.05, 3.63) is 30.1 Å². The van der Waals surface area contributed by atoms with Crippen LogP contribution in [-0.4, -0.2) is 52.0 Å². The quantitative estimate of drug-likeness (QED) is 0.725. The zero-order valence-electron chi connectivity index (χ0n) is 19.7. The third-order valence-electron chi connectivity index (χ3n) is 8.25. The highest BCUT2D eigenvalue weighted by Gasteiger charge is 2.54. The van der Waals surface area contributed by atoms with Crippen LogP contribution in [0.1, 0.15) is 70.7 Å². The molecule has 2 saturated carbocycles. The molecule has 3 rings (SSSR count). The summed E-state index contributed by atoms with van der Waals surface area (Å²) in [4.78, 5) is 31.6. The summed E-state index contributed by atoms with van der Waals surface area (Å²) in [6.07, 6.45) is 6.50. The van der Waals surface area contributed by atoms with Gasteiger partial charge in [-0.2, -0.15) is 0 Å². The Hall–Kier alpha value is -1.95. The number of hydrogen-bond acceptors (Lipinski definition) is 4. The number of hydrogen-bond donors (Lipinski definition) is 2.